The van der Waals surface area contributed by atoms with Crippen molar-refractivity contribution in [3.8, 4) is 17.1 Å². The highest BCUT2D eigenvalue weighted by Gasteiger charge is 2.23. The van der Waals surface area contributed by atoms with Crippen LogP contribution < -0.4 is 9.64 Å². The Kier molecular flexibility index (Phi) is 5.88. The molecule has 0 amide bonds. The van der Waals surface area contributed by atoms with Gasteiger partial charge in [0.1, 0.15) is 11.3 Å². The van der Waals surface area contributed by atoms with Crippen LogP contribution in [-0.4, -0.2) is 58.9 Å². The lowest BCUT2D eigenvalue weighted by atomic mass is 10.2. The number of aromatic nitrogens is 3. The molecular formula is C21H19ClN4O5. The lowest BCUT2D eigenvalue weighted by molar-refractivity contribution is -0.139. The van der Waals surface area contributed by atoms with Gasteiger partial charge in [-0.3, -0.25) is 0 Å². The number of benzene rings is 1. The number of halogens is 1. The molecule has 31 heavy (non-hydrogen) atoms. The number of anilines is 1. The van der Waals surface area contributed by atoms with Crippen LogP contribution in [0, 0.1) is 0 Å². The van der Waals surface area contributed by atoms with Crippen LogP contribution in [-0.2, 0) is 9.53 Å². The molecule has 10 heteroatoms. The van der Waals surface area contributed by atoms with Crippen molar-refractivity contribution in [3.05, 3.63) is 42.6 Å². The molecule has 1 saturated heterocycles. The molecule has 160 valence electrons. The summed E-state index contributed by atoms with van der Waals surface area (Å²) in [7, 11) is 0. The molecule has 0 radical (unpaired) electrons. The number of furan rings is 1. The fourth-order valence-corrected chi connectivity index (χ4v) is 3.45. The number of carboxylic acid groups (broad SMARTS) is 1. The third kappa shape index (κ3) is 4.10. The first-order valence-corrected chi connectivity index (χ1v) is 9.52. The first-order chi connectivity index (χ1) is 14.7. The number of pyridine rings is 1. The molecule has 0 spiro atoms. The predicted octanol–water partition coefficient (Wildman–Crippen LogP) is 3.16. The number of fused-ring (bicyclic) bond motifs is 3. The standard InChI is InChI=1S/C21H18N4O5.ClH/c26-16(27)12-29-14-4-1-3-13(11-14)19-23-17-15-5-2-6-22-21(15)30-18(17)20(24-19)25-7-9-28-10-8-25;/h1-6,11H,7-10,12H2,(H,26,27);1H. The normalized spacial score (nSPS) is 13.9. The molecule has 4 heterocycles. The van der Waals surface area contributed by atoms with Crippen molar-refractivity contribution in [2.45, 2.75) is 0 Å². The number of rotatable bonds is 5. The zero-order valence-electron chi connectivity index (χ0n) is 16.4. The van der Waals surface area contributed by atoms with Gasteiger partial charge < -0.3 is 23.9 Å². The molecule has 0 saturated carbocycles. The summed E-state index contributed by atoms with van der Waals surface area (Å²) < 4.78 is 16.8. The van der Waals surface area contributed by atoms with E-state index in [1.807, 2.05) is 18.2 Å². The van der Waals surface area contributed by atoms with E-state index < -0.39 is 12.6 Å². The number of hydrogen-bond donors (Lipinski definition) is 1. The van der Waals surface area contributed by atoms with E-state index in [-0.39, 0.29) is 12.4 Å². The van der Waals surface area contributed by atoms with Crippen molar-refractivity contribution in [1.29, 1.82) is 0 Å². The Balaban J connectivity index is 0.00000231. The molecule has 1 aliphatic heterocycles. The van der Waals surface area contributed by atoms with Crippen molar-refractivity contribution in [2.75, 3.05) is 37.8 Å². The summed E-state index contributed by atoms with van der Waals surface area (Å²) in [4.78, 5) is 26.8. The van der Waals surface area contributed by atoms with Crippen molar-refractivity contribution < 1.29 is 23.8 Å². The van der Waals surface area contributed by atoms with Gasteiger partial charge >= 0.3 is 5.97 Å². The third-order valence-electron chi connectivity index (χ3n) is 4.84. The van der Waals surface area contributed by atoms with Crippen LogP contribution in [0.15, 0.2) is 47.0 Å². The van der Waals surface area contributed by atoms with E-state index in [0.29, 0.717) is 66.1 Å². The summed E-state index contributed by atoms with van der Waals surface area (Å²) in [5.74, 6) is 0.583. The van der Waals surface area contributed by atoms with Crippen LogP contribution in [0.4, 0.5) is 5.82 Å². The number of aliphatic carboxylic acids is 1. The second-order valence-electron chi connectivity index (χ2n) is 6.82. The highest BCUT2D eigenvalue weighted by Crippen LogP contribution is 2.34. The molecule has 1 N–H and O–H groups in total. The van der Waals surface area contributed by atoms with Gasteiger partial charge in [0.05, 0.1) is 18.6 Å². The quantitative estimate of drug-likeness (QED) is 0.498. The molecule has 0 atom stereocenters. The Labute approximate surface area is 183 Å². The van der Waals surface area contributed by atoms with Gasteiger partial charge in [-0.1, -0.05) is 12.1 Å². The summed E-state index contributed by atoms with van der Waals surface area (Å²) in [5, 5.41) is 9.66. The zero-order valence-corrected chi connectivity index (χ0v) is 17.2. The molecule has 3 aromatic heterocycles. The third-order valence-corrected chi connectivity index (χ3v) is 4.84. The lowest BCUT2D eigenvalue weighted by Gasteiger charge is -2.27. The Hall–Kier alpha value is -3.43. The largest absolute Gasteiger partial charge is 0.482 e. The predicted molar refractivity (Wildman–Crippen MR) is 116 cm³/mol. The summed E-state index contributed by atoms with van der Waals surface area (Å²) >= 11 is 0. The minimum absolute atomic E-state index is 0. The van der Waals surface area contributed by atoms with E-state index in [2.05, 4.69) is 9.88 Å². The van der Waals surface area contributed by atoms with E-state index >= 15 is 0 Å². The van der Waals surface area contributed by atoms with E-state index in [9.17, 15) is 4.79 Å². The highest BCUT2D eigenvalue weighted by atomic mass is 35.5. The molecule has 0 unspecified atom stereocenters. The molecule has 1 aliphatic rings. The van der Waals surface area contributed by atoms with Gasteiger partial charge in [0.2, 0.25) is 5.71 Å². The van der Waals surface area contributed by atoms with Crippen molar-refractivity contribution in [1.82, 2.24) is 15.0 Å². The number of carbonyl (C=O) groups is 1. The molecule has 1 aromatic carbocycles. The van der Waals surface area contributed by atoms with Gasteiger partial charge in [0, 0.05) is 24.8 Å². The molecular weight excluding hydrogens is 424 g/mol. The van der Waals surface area contributed by atoms with Gasteiger partial charge in [-0.2, -0.15) is 0 Å². The van der Waals surface area contributed by atoms with Crippen molar-refractivity contribution >= 4 is 46.4 Å². The summed E-state index contributed by atoms with van der Waals surface area (Å²) in [6.07, 6.45) is 1.68. The minimum atomic E-state index is -1.04. The number of carboxylic acids is 1. The molecule has 5 rings (SSSR count). The van der Waals surface area contributed by atoms with Gasteiger partial charge in [-0.05, 0) is 24.3 Å². The van der Waals surface area contributed by atoms with Gasteiger partial charge in [0.25, 0.3) is 0 Å². The van der Waals surface area contributed by atoms with E-state index in [0.717, 1.165) is 5.39 Å². The molecule has 1 fully saturated rings. The summed E-state index contributed by atoms with van der Waals surface area (Å²) in [6.45, 7) is 2.19. The first-order valence-electron chi connectivity index (χ1n) is 9.52. The minimum Gasteiger partial charge on any atom is -0.482 e. The zero-order chi connectivity index (χ0) is 20.5. The Morgan fingerprint density at radius 3 is 2.81 bits per heavy atom. The fourth-order valence-electron chi connectivity index (χ4n) is 3.45. The Morgan fingerprint density at radius 2 is 2.00 bits per heavy atom. The second kappa shape index (κ2) is 8.75. The average molecular weight is 443 g/mol. The van der Waals surface area contributed by atoms with Crippen molar-refractivity contribution in [3.63, 3.8) is 0 Å². The SMILES string of the molecule is Cl.O=C(O)COc1cccc(-c2nc(N3CCOCC3)c3oc4ncccc4c3n2)c1. The van der Waals surface area contributed by atoms with Crippen LogP contribution in [0.5, 0.6) is 5.75 Å². The lowest BCUT2D eigenvalue weighted by Crippen LogP contribution is -2.37. The number of ether oxygens (including phenoxy) is 2. The molecule has 4 aromatic rings. The Morgan fingerprint density at radius 1 is 1.16 bits per heavy atom. The van der Waals surface area contributed by atoms with Gasteiger partial charge in [-0.15, -0.1) is 12.4 Å². The van der Waals surface area contributed by atoms with Crippen LogP contribution in [0.25, 0.3) is 33.6 Å². The fraction of sp³-hybridized carbons (Fsp3) is 0.238. The average Bonchev–Trinajstić information content (AvgIpc) is 3.16. The molecule has 9 nitrogen and oxygen atoms in total. The number of nitrogens with zero attached hydrogens (tertiary/aromatic N) is 4. The summed E-state index contributed by atoms with van der Waals surface area (Å²) in [6, 6.07) is 10.8. The smallest absolute Gasteiger partial charge is 0.341 e. The summed E-state index contributed by atoms with van der Waals surface area (Å²) in [5.41, 5.74) is 2.49. The van der Waals surface area contributed by atoms with Crippen LogP contribution >= 0.6 is 12.4 Å². The second-order valence-corrected chi connectivity index (χ2v) is 6.82. The number of hydrogen-bond acceptors (Lipinski definition) is 8. The maximum absolute atomic E-state index is 10.8. The monoisotopic (exact) mass is 442 g/mol. The van der Waals surface area contributed by atoms with Crippen molar-refractivity contribution in [2.24, 2.45) is 0 Å². The van der Waals surface area contributed by atoms with Crippen LogP contribution in [0.2, 0.25) is 0 Å². The number of morpholine rings is 1. The van der Waals surface area contributed by atoms with E-state index in [1.54, 1.807) is 24.4 Å². The van der Waals surface area contributed by atoms with Gasteiger partial charge in [-0.25, -0.2) is 19.7 Å². The Bertz CT molecular complexity index is 1240. The van der Waals surface area contributed by atoms with E-state index in [1.165, 1.54) is 0 Å². The highest BCUT2D eigenvalue weighted by molar-refractivity contribution is 6.05. The molecule has 0 bridgehead atoms. The van der Waals surface area contributed by atoms with Gasteiger partial charge in [0.15, 0.2) is 23.8 Å². The van der Waals surface area contributed by atoms with Crippen LogP contribution in [0.1, 0.15) is 0 Å². The first kappa shape index (κ1) is 20.8. The maximum atomic E-state index is 10.8. The maximum Gasteiger partial charge on any atom is 0.341 e. The van der Waals surface area contributed by atoms with Crippen LogP contribution in [0.3, 0.4) is 0 Å². The van der Waals surface area contributed by atoms with E-state index in [4.69, 9.17) is 29.0 Å². The topological polar surface area (TPSA) is 111 Å². The molecule has 0 aliphatic carbocycles.